The molecule has 0 aliphatic carbocycles. The lowest BCUT2D eigenvalue weighted by atomic mass is 10.0. The standard InChI is InChI=1S/C27H21F3N6O.ClH/c1-31-16-20-6-5-19(14-22(20)27(28,29)30)26(37)34-21-4-2-3-18(13-21)24-9-12-33-25-15-23(35-36(24)25)17-7-10-32-11-8-17;/h2-15,31H,16H2,1H3,(H,34,37);1H. The normalized spacial score (nSPS) is 11.3. The molecule has 5 rings (SSSR count). The fraction of sp³-hybridized carbons (Fsp3) is 0.111. The number of anilines is 1. The molecule has 38 heavy (non-hydrogen) atoms. The van der Waals surface area contributed by atoms with Crippen LogP contribution in [-0.2, 0) is 12.7 Å². The number of carbonyl (C=O) groups is 1. The molecule has 0 atom stereocenters. The molecule has 0 spiro atoms. The summed E-state index contributed by atoms with van der Waals surface area (Å²) in [5.74, 6) is -0.641. The second-order valence-electron chi connectivity index (χ2n) is 8.30. The number of amides is 1. The highest BCUT2D eigenvalue weighted by Crippen LogP contribution is 2.33. The third-order valence-electron chi connectivity index (χ3n) is 5.79. The molecule has 0 unspecified atom stereocenters. The van der Waals surface area contributed by atoms with Gasteiger partial charge in [0.25, 0.3) is 5.91 Å². The number of carbonyl (C=O) groups excluding carboxylic acids is 1. The monoisotopic (exact) mass is 538 g/mol. The molecule has 0 saturated carbocycles. The lowest BCUT2D eigenvalue weighted by molar-refractivity contribution is -0.138. The predicted molar refractivity (Wildman–Crippen MR) is 141 cm³/mol. The summed E-state index contributed by atoms with van der Waals surface area (Å²) in [6.07, 6.45) is 0.463. The molecule has 0 aliphatic heterocycles. The van der Waals surface area contributed by atoms with Crippen LogP contribution in [0.4, 0.5) is 18.9 Å². The number of hydrogen-bond donors (Lipinski definition) is 2. The number of hydrogen-bond acceptors (Lipinski definition) is 5. The van der Waals surface area contributed by atoms with E-state index in [-0.39, 0.29) is 30.1 Å². The highest BCUT2D eigenvalue weighted by molar-refractivity contribution is 6.04. The van der Waals surface area contributed by atoms with Crippen molar-refractivity contribution in [1.82, 2.24) is 24.9 Å². The summed E-state index contributed by atoms with van der Waals surface area (Å²) in [7, 11) is 1.56. The van der Waals surface area contributed by atoms with Crippen LogP contribution < -0.4 is 10.6 Å². The Labute approximate surface area is 222 Å². The van der Waals surface area contributed by atoms with Gasteiger partial charge in [0.15, 0.2) is 5.65 Å². The number of rotatable bonds is 6. The molecule has 0 saturated heterocycles. The number of aromatic nitrogens is 4. The van der Waals surface area contributed by atoms with Crippen LogP contribution in [-0.4, -0.2) is 32.5 Å². The van der Waals surface area contributed by atoms with E-state index in [2.05, 4.69) is 25.7 Å². The SMILES string of the molecule is CNCc1ccc(C(=O)Nc2cccc(-c3ccnc4cc(-c5ccncc5)nn34)c2)cc1C(F)(F)F.Cl. The Kier molecular flexibility index (Phi) is 7.75. The summed E-state index contributed by atoms with van der Waals surface area (Å²) in [6, 6.07) is 18.0. The highest BCUT2D eigenvalue weighted by Gasteiger charge is 2.33. The molecule has 0 radical (unpaired) electrons. The third kappa shape index (κ3) is 5.51. The van der Waals surface area contributed by atoms with E-state index in [1.165, 1.54) is 12.1 Å². The molecule has 194 valence electrons. The van der Waals surface area contributed by atoms with Crippen LogP contribution in [0.15, 0.2) is 85.3 Å². The van der Waals surface area contributed by atoms with E-state index in [0.717, 1.165) is 28.6 Å². The van der Waals surface area contributed by atoms with Crippen molar-refractivity contribution in [2.24, 2.45) is 0 Å². The van der Waals surface area contributed by atoms with Crippen molar-refractivity contribution in [3.8, 4) is 22.5 Å². The van der Waals surface area contributed by atoms with Gasteiger partial charge in [-0.2, -0.15) is 18.3 Å². The Balaban J connectivity index is 0.00000336. The maximum atomic E-state index is 13.5. The topological polar surface area (TPSA) is 84.2 Å². The van der Waals surface area contributed by atoms with Gasteiger partial charge < -0.3 is 10.6 Å². The second-order valence-corrected chi connectivity index (χ2v) is 8.30. The van der Waals surface area contributed by atoms with E-state index >= 15 is 0 Å². The molecule has 11 heteroatoms. The first-order valence-electron chi connectivity index (χ1n) is 11.3. The van der Waals surface area contributed by atoms with Crippen LogP contribution in [0.2, 0.25) is 0 Å². The molecule has 0 fully saturated rings. The minimum Gasteiger partial charge on any atom is -0.322 e. The van der Waals surface area contributed by atoms with Crippen molar-refractivity contribution in [2.75, 3.05) is 12.4 Å². The first-order chi connectivity index (χ1) is 17.8. The van der Waals surface area contributed by atoms with Gasteiger partial charge in [0.05, 0.1) is 17.0 Å². The number of benzene rings is 2. The lowest BCUT2D eigenvalue weighted by Crippen LogP contribution is -2.17. The highest BCUT2D eigenvalue weighted by atomic mass is 35.5. The van der Waals surface area contributed by atoms with Crippen molar-refractivity contribution in [3.05, 3.63) is 102 Å². The zero-order valence-corrected chi connectivity index (χ0v) is 20.8. The summed E-state index contributed by atoms with van der Waals surface area (Å²) in [6.45, 7) is 0.0372. The van der Waals surface area contributed by atoms with Crippen LogP contribution in [0, 0.1) is 0 Å². The van der Waals surface area contributed by atoms with Crippen LogP contribution >= 0.6 is 12.4 Å². The minimum atomic E-state index is -4.58. The average molecular weight is 539 g/mol. The van der Waals surface area contributed by atoms with Gasteiger partial charge in [0.2, 0.25) is 0 Å². The van der Waals surface area contributed by atoms with Gasteiger partial charge in [-0.15, -0.1) is 12.4 Å². The summed E-state index contributed by atoms with van der Waals surface area (Å²) in [5.41, 5.74) is 3.32. The largest absolute Gasteiger partial charge is 0.416 e. The fourth-order valence-electron chi connectivity index (χ4n) is 4.06. The summed E-state index contributed by atoms with van der Waals surface area (Å²) < 4.78 is 42.3. The molecule has 5 aromatic rings. The average Bonchev–Trinajstić information content (AvgIpc) is 3.34. The molecule has 3 aromatic heterocycles. The van der Waals surface area contributed by atoms with Crippen LogP contribution in [0.1, 0.15) is 21.5 Å². The van der Waals surface area contributed by atoms with E-state index in [0.29, 0.717) is 11.3 Å². The van der Waals surface area contributed by atoms with E-state index < -0.39 is 17.6 Å². The Morgan fingerprint density at radius 2 is 1.74 bits per heavy atom. The molecule has 2 N–H and O–H groups in total. The number of halogens is 4. The maximum absolute atomic E-state index is 13.5. The smallest absolute Gasteiger partial charge is 0.322 e. The van der Waals surface area contributed by atoms with Gasteiger partial charge in [0.1, 0.15) is 0 Å². The van der Waals surface area contributed by atoms with Gasteiger partial charge in [-0.3, -0.25) is 9.78 Å². The second kappa shape index (κ2) is 11.0. The van der Waals surface area contributed by atoms with Crippen molar-refractivity contribution >= 4 is 29.6 Å². The molecule has 2 aromatic carbocycles. The fourth-order valence-corrected chi connectivity index (χ4v) is 4.06. The van der Waals surface area contributed by atoms with Gasteiger partial charge >= 0.3 is 6.18 Å². The Hall–Kier alpha value is -4.28. The van der Waals surface area contributed by atoms with Crippen LogP contribution in [0.5, 0.6) is 0 Å². The van der Waals surface area contributed by atoms with E-state index in [4.69, 9.17) is 0 Å². The first kappa shape index (κ1) is 26.8. The van der Waals surface area contributed by atoms with Gasteiger partial charge in [-0.05, 0) is 55.1 Å². The predicted octanol–water partition coefficient (Wildman–Crippen LogP) is 5.87. The molecule has 1 amide bonds. The van der Waals surface area contributed by atoms with Gasteiger partial charge in [-0.25, -0.2) is 9.50 Å². The Morgan fingerprint density at radius 1 is 0.947 bits per heavy atom. The number of fused-ring (bicyclic) bond motifs is 1. The number of alkyl halides is 3. The van der Waals surface area contributed by atoms with Gasteiger partial charge in [0, 0.05) is 53.6 Å². The Morgan fingerprint density at radius 3 is 2.47 bits per heavy atom. The zero-order chi connectivity index (χ0) is 26.0. The molecule has 0 aliphatic rings. The molecule has 0 bridgehead atoms. The molecule has 7 nitrogen and oxygen atoms in total. The molecule has 3 heterocycles. The van der Waals surface area contributed by atoms with Crippen molar-refractivity contribution in [1.29, 1.82) is 0 Å². The summed E-state index contributed by atoms with van der Waals surface area (Å²) in [5, 5.41) is 10.1. The third-order valence-corrected chi connectivity index (χ3v) is 5.79. The van der Waals surface area contributed by atoms with Crippen molar-refractivity contribution in [3.63, 3.8) is 0 Å². The van der Waals surface area contributed by atoms with Gasteiger partial charge in [-0.1, -0.05) is 18.2 Å². The van der Waals surface area contributed by atoms with E-state index in [9.17, 15) is 18.0 Å². The quantitative estimate of drug-likeness (QED) is 0.282. The van der Waals surface area contributed by atoms with E-state index in [1.807, 2.05) is 24.3 Å². The number of nitrogens with one attached hydrogen (secondary N) is 2. The minimum absolute atomic E-state index is 0. The maximum Gasteiger partial charge on any atom is 0.416 e. The molecular formula is C27H22ClF3N6O. The lowest BCUT2D eigenvalue weighted by Gasteiger charge is -2.14. The van der Waals surface area contributed by atoms with Crippen LogP contribution in [0.3, 0.4) is 0 Å². The van der Waals surface area contributed by atoms with Crippen molar-refractivity contribution < 1.29 is 18.0 Å². The number of nitrogens with zero attached hydrogens (tertiary/aromatic N) is 4. The van der Waals surface area contributed by atoms with E-state index in [1.54, 1.807) is 54.4 Å². The Bertz CT molecular complexity index is 1590. The molecular weight excluding hydrogens is 517 g/mol. The van der Waals surface area contributed by atoms with Crippen LogP contribution in [0.25, 0.3) is 28.2 Å². The first-order valence-corrected chi connectivity index (χ1v) is 11.3. The summed E-state index contributed by atoms with van der Waals surface area (Å²) >= 11 is 0. The van der Waals surface area contributed by atoms with Crippen molar-refractivity contribution in [2.45, 2.75) is 12.7 Å². The zero-order valence-electron chi connectivity index (χ0n) is 20.0. The number of pyridine rings is 1. The summed E-state index contributed by atoms with van der Waals surface area (Å²) in [4.78, 5) is 21.3.